The molecule has 2 aliphatic heterocycles. The molecule has 0 aliphatic carbocycles. The summed E-state index contributed by atoms with van der Waals surface area (Å²) >= 11 is 0. The van der Waals surface area contributed by atoms with Gasteiger partial charge in [0.05, 0.1) is 0 Å². The van der Waals surface area contributed by atoms with Gasteiger partial charge in [0.1, 0.15) is 0 Å². The van der Waals surface area contributed by atoms with Crippen LogP contribution in [0.25, 0.3) is 0 Å². The first kappa shape index (κ1) is 13.8. The Labute approximate surface area is 110 Å². The molecule has 18 heavy (non-hydrogen) atoms. The monoisotopic (exact) mass is 253 g/mol. The molecule has 0 aromatic rings. The molecular weight excluding hydrogens is 226 g/mol. The van der Waals surface area contributed by atoms with Crippen LogP contribution in [0.3, 0.4) is 0 Å². The van der Waals surface area contributed by atoms with Crippen LogP contribution in [-0.2, 0) is 4.79 Å². The molecule has 0 saturated carbocycles. The van der Waals surface area contributed by atoms with Gasteiger partial charge in [-0.05, 0) is 51.9 Å². The van der Waals surface area contributed by atoms with E-state index in [1.165, 1.54) is 32.4 Å². The number of likely N-dealkylation sites (tertiary alicyclic amines) is 1. The van der Waals surface area contributed by atoms with Gasteiger partial charge in [0.2, 0.25) is 5.91 Å². The van der Waals surface area contributed by atoms with Gasteiger partial charge in [-0.2, -0.15) is 0 Å². The molecule has 2 saturated heterocycles. The second-order valence-corrected chi connectivity index (χ2v) is 5.98. The van der Waals surface area contributed by atoms with Crippen molar-refractivity contribution in [1.29, 1.82) is 0 Å². The van der Waals surface area contributed by atoms with Gasteiger partial charge in [-0.15, -0.1) is 0 Å². The van der Waals surface area contributed by atoms with Gasteiger partial charge in [-0.3, -0.25) is 4.79 Å². The molecule has 2 atom stereocenters. The fourth-order valence-corrected chi connectivity index (χ4v) is 2.83. The summed E-state index contributed by atoms with van der Waals surface area (Å²) in [4.78, 5) is 14.5. The lowest BCUT2D eigenvalue weighted by molar-refractivity contribution is -0.127. The van der Waals surface area contributed by atoms with Crippen molar-refractivity contribution in [3.63, 3.8) is 0 Å². The van der Waals surface area contributed by atoms with Crippen molar-refractivity contribution in [2.24, 2.45) is 11.8 Å². The van der Waals surface area contributed by atoms with Crippen molar-refractivity contribution >= 4 is 5.91 Å². The minimum absolute atomic E-state index is 0.148. The Morgan fingerprint density at radius 1 is 1.28 bits per heavy atom. The maximum atomic E-state index is 12.1. The van der Waals surface area contributed by atoms with Crippen molar-refractivity contribution in [3.05, 3.63) is 0 Å². The molecule has 0 aromatic heterocycles. The maximum absolute atomic E-state index is 12.1. The van der Waals surface area contributed by atoms with E-state index in [4.69, 9.17) is 0 Å². The number of carbonyl (C=O) groups is 1. The molecule has 2 unspecified atom stereocenters. The Hall–Kier alpha value is -0.610. The van der Waals surface area contributed by atoms with E-state index in [9.17, 15) is 4.79 Å². The molecule has 2 aliphatic rings. The number of carbonyl (C=O) groups excluding carboxylic acids is 1. The second-order valence-electron chi connectivity index (χ2n) is 5.98. The van der Waals surface area contributed by atoms with Crippen molar-refractivity contribution in [1.82, 2.24) is 15.5 Å². The van der Waals surface area contributed by atoms with Crippen LogP contribution in [0.4, 0.5) is 0 Å². The highest BCUT2D eigenvalue weighted by atomic mass is 16.1. The second kappa shape index (κ2) is 6.53. The average molecular weight is 253 g/mol. The number of nitrogens with one attached hydrogen (secondary N) is 2. The van der Waals surface area contributed by atoms with Gasteiger partial charge >= 0.3 is 0 Å². The largest absolute Gasteiger partial charge is 0.352 e. The Morgan fingerprint density at radius 2 is 1.94 bits per heavy atom. The highest BCUT2D eigenvalue weighted by Crippen LogP contribution is 2.16. The van der Waals surface area contributed by atoms with Crippen molar-refractivity contribution in [2.45, 2.75) is 39.2 Å². The predicted octanol–water partition coefficient (Wildman–Crippen LogP) is 0.833. The SMILES string of the molecule is CC(CN1CCCCC1)NC(=O)C(C)C1CNC1. The summed E-state index contributed by atoms with van der Waals surface area (Å²) in [7, 11) is 0. The molecular formula is C14H27N3O. The standard InChI is InChI=1S/C14H27N3O/c1-11(10-17-6-4-3-5-7-17)16-14(18)12(2)13-8-15-9-13/h11-13,15H,3-10H2,1-2H3,(H,16,18). The summed E-state index contributed by atoms with van der Waals surface area (Å²) in [6, 6.07) is 0.270. The van der Waals surface area contributed by atoms with Crippen LogP contribution in [0.15, 0.2) is 0 Å². The van der Waals surface area contributed by atoms with E-state index in [0.717, 1.165) is 19.6 Å². The minimum atomic E-state index is 0.148. The van der Waals surface area contributed by atoms with Gasteiger partial charge < -0.3 is 15.5 Å². The van der Waals surface area contributed by atoms with E-state index in [0.29, 0.717) is 5.92 Å². The van der Waals surface area contributed by atoms with E-state index in [1.807, 2.05) is 0 Å². The summed E-state index contributed by atoms with van der Waals surface area (Å²) in [6.45, 7) is 9.56. The molecule has 0 aromatic carbocycles. The van der Waals surface area contributed by atoms with Gasteiger partial charge in [-0.25, -0.2) is 0 Å². The summed E-state index contributed by atoms with van der Waals surface area (Å²) in [5.41, 5.74) is 0. The molecule has 0 bridgehead atoms. The maximum Gasteiger partial charge on any atom is 0.223 e. The smallest absolute Gasteiger partial charge is 0.223 e. The zero-order valence-electron chi connectivity index (χ0n) is 11.7. The van der Waals surface area contributed by atoms with Crippen LogP contribution >= 0.6 is 0 Å². The normalized spacial score (nSPS) is 25.2. The molecule has 0 radical (unpaired) electrons. The van der Waals surface area contributed by atoms with E-state index in [1.54, 1.807) is 0 Å². The quantitative estimate of drug-likeness (QED) is 0.763. The number of rotatable bonds is 5. The van der Waals surface area contributed by atoms with Crippen molar-refractivity contribution < 1.29 is 4.79 Å². The number of hydrogen-bond acceptors (Lipinski definition) is 3. The summed E-state index contributed by atoms with van der Waals surface area (Å²) in [5, 5.41) is 6.40. The zero-order valence-corrected chi connectivity index (χ0v) is 11.7. The summed E-state index contributed by atoms with van der Waals surface area (Å²) < 4.78 is 0. The van der Waals surface area contributed by atoms with E-state index in [-0.39, 0.29) is 17.9 Å². The van der Waals surface area contributed by atoms with Gasteiger partial charge in [-0.1, -0.05) is 13.3 Å². The third kappa shape index (κ3) is 3.69. The summed E-state index contributed by atoms with van der Waals surface area (Å²) in [5.74, 6) is 0.910. The van der Waals surface area contributed by atoms with Crippen LogP contribution in [-0.4, -0.2) is 49.6 Å². The zero-order chi connectivity index (χ0) is 13.0. The van der Waals surface area contributed by atoms with Crippen LogP contribution in [0, 0.1) is 11.8 Å². The first-order valence-electron chi connectivity index (χ1n) is 7.40. The average Bonchev–Trinajstić information content (AvgIpc) is 2.27. The van der Waals surface area contributed by atoms with E-state index in [2.05, 4.69) is 29.4 Å². The molecule has 2 rings (SSSR count). The van der Waals surface area contributed by atoms with Crippen LogP contribution in [0.5, 0.6) is 0 Å². The lowest BCUT2D eigenvalue weighted by atomic mass is 9.88. The van der Waals surface area contributed by atoms with Crippen molar-refractivity contribution in [3.8, 4) is 0 Å². The Morgan fingerprint density at radius 3 is 2.50 bits per heavy atom. The lowest BCUT2D eigenvalue weighted by Crippen LogP contribution is -2.52. The third-order valence-electron chi connectivity index (χ3n) is 4.30. The molecule has 0 spiro atoms. The van der Waals surface area contributed by atoms with Crippen LogP contribution in [0.2, 0.25) is 0 Å². The Balaban J connectivity index is 1.68. The Bertz CT molecular complexity index is 272. The topological polar surface area (TPSA) is 44.4 Å². The first-order chi connectivity index (χ1) is 8.66. The van der Waals surface area contributed by atoms with E-state index >= 15 is 0 Å². The van der Waals surface area contributed by atoms with Crippen LogP contribution < -0.4 is 10.6 Å². The number of nitrogens with zero attached hydrogens (tertiary/aromatic N) is 1. The number of hydrogen-bond donors (Lipinski definition) is 2. The molecule has 4 heteroatoms. The number of amides is 1. The lowest BCUT2D eigenvalue weighted by Gasteiger charge is -2.33. The van der Waals surface area contributed by atoms with Gasteiger partial charge in [0.15, 0.2) is 0 Å². The molecule has 1 amide bonds. The van der Waals surface area contributed by atoms with E-state index < -0.39 is 0 Å². The predicted molar refractivity (Wildman–Crippen MR) is 73.4 cm³/mol. The van der Waals surface area contributed by atoms with Crippen LogP contribution in [0.1, 0.15) is 33.1 Å². The highest BCUT2D eigenvalue weighted by Gasteiger charge is 2.29. The highest BCUT2D eigenvalue weighted by molar-refractivity contribution is 5.79. The fourth-order valence-electron chi connectivity index (χ4n) is 2.83. The molecule has 104 valence electrons. The molecule has 2 heterocycles. The third-order valence-corrected chi connectivity index (χ3v) is 4.30. The van der Waals surface area contributed by atoms with Gasteiger partial charge in [0.25, 0.3) is 0 Å². The molecule has 2 fully saturated rings. The minimum Gasteiger partial charge on any atom is -0.352 e. The summed E-state index contributed by atoms with van der Waals surface area (Å²) in [6.07, 6.45) is 3.98. The first-order valence-corrected chi connectivity index (χ1v) is 7.40. The molecule has 2 N–H and O–H groups in total. The fraction of sp³-hybridized carbons (Fsp3) is 0.929. The number of piperidine rings is 1. The van der Waals surface area contributed by atoms with Gasteiger partial charge in [0, 0.05) is 18.5 Å². The van der Waals surface area contributed by atoms with Crippen molar-refractivity contribution in [2.75, 3.05) is 32.7 Å². The Kier molecular flexibility index (Phi) is 5.01. The molecule has 4 nitrogen and oxygen atoms in total.